The number of nitrogens with zero attached hydrogens (tertiary/aromatic N) is 4. The Labute approximate surface area is 224 Å². The molecule has 1 aliphatic rings. The summed E-state index contributed by atoms with van der Waals surface area (Å²) in [6.45, 7) is 6.50. The number of hydrogen-bond acceptors (Lipinski definition) is 6. The molecule has 2 amide bonds. The van der Waals surface area contributed by atoms with Crippen molar-refractivity contribution in [3.8, 4) is 0 Å². The van der Waals surface area contributed by atoms with Crippen LogP contribution in [0.25, 0.3) is 0 Å². The molecule has 4 aromatic rings. The van der Waals surface area contributed by atoms with E-state index in [1.54, 1.807) is 16.7 Å². The molecule has 0 saturated carbocycles. The first-order chi connectivity index (χ1) is 18.0. The van der Waals surface area contributed by atoms with Crippen molar-refractivity contribution in [2.75, 3.05) is 10.7 Å². The Balaban J connectivity index is 1.31. The number of rotatable bonds is 7. The average molecular weight is 530 g/mol. The number of benzene rings is 3. The molecule has 0 aliphatic carbocycles. The fourth-order valence-corrected chi connectivity index (χ4v) is 6.15. The second-order valence-corrected chi connectivity index (χ2v) is 10.7. The van der Waals surface area contributed by atoms with Gasteiger partial charge in [0.25, 0.3) is 5.91 Å². The molecule has 2 heterocycles. The maximum Gasteiger partial charge on any atom is 0.251 e. The number of aryl methyl sites for hydroxylation is 1. The lowest BCUT2D eigenvalue weighted by atomic mass is 10.1. The molecule has 37 heavy (non-hydrogen) atoms. The van der Waals surface area contributed by atoms with E-state index >= 15 is 0 Å². The van der Waals surface area contributed by atoms with Crippen molar-refractivity contribution in [3.63, 3.8) is 0 Å². The number of carbonyl (C=O) groups excluding carboxylic acids is 2. The Hall–Kier alpha value is -3.56. The molecule has 0 saturated heterocycles. The predicted octanol–water partition coefficient (Wildman–Crippen LogP) is 6.02. The molecule has 3 aromatic carbocycles. The number of amides is 2. The molecular weight excluding hydrogens is 502 g/mol. The fourth-order valence-electron chi connectivity index (χ4n) is 4.24. The fraction of sp³-hybridized carbons (Fsp3) is 0.214. The third-order valence-corrected chi connectivity index (χ3v) is 8.20. The van der Waals surface area contributed by atoms with Crippen molar-refractivity contribution in [1.82, 2.24) is 20.1 Å². The van der Waals surface area contributed by atoms with Crippen molar-refractivity contribution >= 4 is 46.7 Å². The number of anilines is 2. The summed E-state index contributed by atoms with van der Waals surface area (Å²) in [5.41, 5.74) is 3.48. The highest BCUT2D eigenvalue weighted by Crippen LogP contribution is 2.48. The van der Waals surface area contributed by atoms with Crippen LogP contribution in [0.2, 0.25) is 0 Å². The average Bonchev–Trinajstić information content (AvgIpc) is 3.33. The van der Waals surface area contributed by atoms with Crippen LogP contribution in [-0.2, 0) is 11.3 Å². The minimum Gasteiger partial charge on any atom is -0.342 e. The van der Waals surface area contributed by atoms with Gasteiger partial charge < -0.3 is 9.88 Å². The molecule has 9 heteroatoms. The van der Waals surface area contributed by atoms with Gasteiger partial charge in [-0.25, -0.2) is 0 Å². The topological polar surface area (TPSA) is 80.1 Å². The van der Waals surface area contributed by atoms with Crippen molar-refractivity contribution in [2.45, 2.75) is 48.3 Å². The smallest absolute Gasteiger partial charge is 0.251 e. The molecule has 1 unspecified atom stereocenters. The normalized spacial score (nSPS) is 13.0. The third-order valence-electron chi connectivity index (χ3n) is 6.12. The Morgan fingerprint density at radius 2 is 1.57 bits per heavy atom. The number of nitrogens with one attached hydrogen (secondary N) is 1. The molecule has 1 N–H and O–H groups in total. The van der Waals surface area contributed by atoms with E-state index in [4.69, 9.17) is 0 Å². The quantitative estimate of drug-likeness (QED) is 0.295. The summed E-state index contributed by atoms with van der Waals surface area (Å²) in [5, 5.41) is 12.4. The van der Waals surface area contributed by atoms with E-state index in [1.807, 2.05) is 98.1 Å². The third kappa shape index (κ3) is 5.14. The van der Waals surface area contributed by atoms with Gasteiger partial charge in [-0.1, -0.05) is 65.5 Å². The summed E-state index contributed by atoms with van der Waals surface area (Å²) in [5.74, 6) is 0.666. The Bertz CT molecular complexity index is 1410. The van der Waals surface area contributed by atoms with E-state index < -0.39 is 0 Å². The Morgan fingerprint density at radius 1 is 0.946 bits per heavy atom. The minimum absolute atomic E-state index is 0.0295. The summed E-state index contributed by atoms with van der Waals surface area (Å²) in [4.78, 5) is 30.2. The minimum atomic E-state index is -0.343. The van der Waals surface area contributed by atoms with Gasteiger partial charge in [-0.2, -0.15) is 0 Å². The van der Waals surface area contributed by atoms with Gasteiger partial charge in [0.2, 0.25) is 5.91 Å². The van der Waals surface area contributed by atoms with Crippen LogP contribution in [0.3, 0.4) is 0 Å². The van der Waals surface area contributed by atoms with Crippen LogP contribution in [0.1, 0.15) is 41.6 Å². The summed E-state index contributed by atoms with van der Waals surface area (Å²) in [6, 6.07) is 23.0. The Kier molecular flexibility index (Phi) is 7.34. The standard InChI is InChI=1S/C28H27N5O2S2/c1-4-32-26(19(3)29-27(35)20-15-13-18(2)14-16-20)30-31-28(32)36-17-25(34)33-21-9-5-7-11-23(21)37-24-12-8-6-10-22(24)33/h5-16,19H,4,17H2,1-3H3,(H,29,35). The molecule has 7 nitrogen and oxygen atoms in total. The van der Waals surface area contributed by atoms with Crippen LogP contribution in [0.4, 0.5) is 11.4 Å². The molecule has 0 spiro atoms. The largest absolute Gasteiger partial charge is 0.342 e. The molecular formula is C28H27N5O2S2. The molecule has 5 rings (SSSR count). The number of thioether (sulfide) groups is 1. The zero-order chi connectivity index (χ0) is 25.9. The molecule has 0 bridgehead atoms. The van der Waals surface area contributed by atoms with Gasteiger partial charge in [-0.3, -0.25) is 14.5 Å². The van der Waals surface area contributed by atoms with E-state index in [0.29, 0.717) is 23.1 Å². The number of aromatic nitrogens is 3. The maximum atomic E-state index is 13.5. The predicted molar refractivity (Wildman–Crippen MR) is 148 cm³/mol. The zero-order valence-electron chi connectivity index (χ0n) is 20.8. The van der Waals surface area contributed by atoms with E-state index in [9.17, 15) is 9.59 Å². The van der Waals surface area contributed by atoms with Crippen LogP contribution in [-0.4, -0.2) is 32.3 Å². The van der Waals surface area contributed by atoms with Gasteiger partial charge in [0, 0.05) is 21.9 Å². The van der Waals surface area contributed by atoms with Gasteiger partial charge in [-0.05, 0) is 57.2 Å². The summed E-state index contributed by atoms with van der Waals surface area (Å²) >= 11 is 3.03. The van der Waals surface area contributed by atoms with E-state index in [2.05, 4.69) is 15.5 Å². The number of carbonyl (C=O) groups is 2. The first-order valence-electron chi connectivity index (χ1n) is 12.1. The molecule has 1 aliphatic heterocycles. The number of hydrogen-bond donors (Lipinski definition) is 1. The van der Waals surface area contributed by atoms with Gasteiger partial charge >= 0.3 is 0 Å². The first kappa shape index (κ1) is 25.1. The van der Waals surface area contributed by atoms with Gasteiger partial charge in [-0.15, -0.1) is 10.2 Å². The highest BCUT2D eigenvalue weighted by molar-refractivity contribution is 8.00. The number of fused-ring (bicyclic) bond motifs is 2. The lowest BCUT2D eigenvalue weighted by Crippen LogP contribution is -2.30. The molecule has 1 atom stereocenters. The summed E-state index contributed by atoms with van der Waals surface area (Å²) in [6.07, 6.45) is 0. The van der Waals surface area contributed by atoms with Crippen LogP contribution in [0.15, 0.2) is 87.7 Å². The molecule has 0 radical (unpaired) electrons. The van der Waals surface area contributed by atoms with E-state index in [-0.39, 0.29) is 23.6 Å². The second kappa shape index (κ2) is 10.8. The molecule has 188 valence electrons. The summed E-state index contributed by atoms with van der Waals surface area (Å²) in [7, 11) is 0. The monoisotopic (exact) mass is 529 g/mol. The van der Waals surface area contributed by atoms with Gasteiger partial charge in [0.05, 0.1) is 23.2 Å². The highest BCUT2D eigenvalue weighted by atomic mass is 32.2. The molecule has 0 fully saturated rings. The van der Waals surface area contributed by atoms with Crippen LogP contribution < -0.4 is 10.2 Å². The van der Waals surface area contributed by atoms with Crippen molar-refractivity contribution in [2.24, 2.45) is 0 Å². The van der Waals surface area contributed by atoms with E-state index in [0.717, 1.165) is 26.7 Å². The van der Waals surface area contributed by atoms with E-state index in [1.165, 1.54) is 11.8 Å². The van der Waals surface area contributed by atoms with Crippen molar-refractivity contribution < 1.29 is 9.59 Å². The highest BCUT2D eigenvalue weighted by Gasteiger charge is 2.28. The van der Waals surface area contributed by atoms with Gasteiger partial charge in [0.15, 0.2) is 11.0 Å². The molecule has 1 aromatic heterocycles. The first-order valence-corrected chi connectivity index (χ1v) is 13.9. The maximum absolute atomic E-state index is 13.5. The van der Waals surface area contributed by atoms with Gasteiger partial charge in [0.1, 0.15) is 0 Å². The zero-order valence-corrected chi connectivity index (χ0v) is 22.5. The van der Waals surface area contributed by atoms with Crippen molar-refractivity contribution in [3.05, 3.63) is 89.7 Å². The van der Waals surface area contributed by atoms with Crippen molar-refractivity contribution in [1.29, 1.82) is 0 Å². The summed E-state index contributed by atoms with van der Waals surface area (Å²) < 4.78 is 1.95. The SMILES string of the molecule is CCn1c(SCC(=O)N2c3ccccc3Sc3ccccc32)nnc1C(C)NC(=O)c1ccc(C)cc1. The Morgan fingerprint density at radius 3 is 2.19 bits per heavy atom. The lowest BCUT2D eigenvalue weighted by molar-refractivity contribution is -0.115. The van der Waals surface area contributed by atoms with Crippen LogP contribution in [0, 0.1) is 6.92 Å². The second-order valence-electron chi connectivity index (χ2n) is 8.70. The number of para-hydroxylation sites is 2. The lowest BCUT2D eigenvalue weighted by Gasteiger charge is -2.30. The van der Waals surface area contributed by atoms with Crippen LogP contribution in [0.5, 0.6) is 0 Å². The van der Waals surface area contributed by atoms with Crippen LogP contribution >= 0.6 is 23.5 Å².